The molecule has 0 bridgehead atoms. The van der Waals surface area contributed by atoms with E-state index in [1.165, 1.54) is 25.3 Å². The van der Waals surface area contributed by atoms with Crippen LogP contribution in [0.4, 0.5) is 10.1 Å². The van der Waals surface area contributed by atoms with E-state index < -0.39 is 24.2 Å². The summed E-state index contributed by atoms with van der Waals surface area (Å²) in [7, 11) is 1.24. The highest BCUT2D eigenvalue weighted by atomic mass is 19.1. The van der Waals surface area contributed by atoms with Gasteiger partial charge >= 0.3 is 5.97 Å². The highest BCUT2D eigenvalue weighted by molar-refractivity contribution is 6.06. The van der Waals surface area contributed by atoms with Crippen molar-refractivity contribution in [2.24, 2.45) is 0 Å². The number of carbonyl (C=O) groups excluding carboxylic acids is 3. The van der Waals surface area contributed by atoms with Crippen LogP contribution in [-0.2, 0) is 20.9 Å². The molecule has 0 saturated carbocycles. The number of methoxy groups -OCH3 is 1. The highest BCUT2D eigenvalue weighted by Crippen LogP contribution is 2.16. The fraction of sp³-hybridized carbons (Fsp3) is 0.167. The molecule has 2 aromatic carbocycles. The number of hydrogen-bond donors (Lipinski definition) is 2. The van der Waals surface area contributed by atoms with Crippen LogP contribution in [0, 0.1) is 5.82 Å². The van der Waals surface area contributed by atoms with Crippen LogP contribution in [0.25, 0.3) is 0 Å². The first-order chi connectivity index (χ1) is 12.0. The van der Waals surface area contributed by atoms with E-state index in [-0.39, 0.29) is 23.6 Å². The Morgan fingerprint density at radius 3 is 2.36 bits per heavy atom. The Morgan fingerprint density at radius 2 is 1.68 bits per heavy atom. The van der Waals surface area contributed by atoms with Crippen molar-refractivity contribution in [3.05, 3.63) is 65.5 Å². The molecule has 0 saturated heterocycles. The van der Waals surface area contributed by atoms with E-state index >= 15 is 0 Å². The summed E-state index contributed by atoms with van der Waals surface area (Å²) in [5.41, 5.74) is 1.18. The highest BCUT2D eigenvalue weighted by Gasteiger charge is 2.15. The summed E-state index contributed by atoms with van der Waals surface area (Å²) < 4.78 is 17.4. The van der Waals surface area contributed by atoms with Crippen molar-refractivity contribution in [2.45, 2.75) is 13.0 Å². The Hall–Kier alpha value is -3.22. The maximum Gasteiger partial charge on any atom is 0.339 e. The molecule has 0 aliphatic carbocycles. The topological polar surface area (TPSA) is 84.5 Å². The van der Waals surface area contributed by atoms with E-state index in [1.54, 1.807) is 30.3 Å². The van der Waals surface area contributed by atoms with Gasteiger partial charge in [0, 0.05) is 6.54 Å². The summed E-state index contributed by atoms with van der Waals surface area (Å²) in [5.74, 6) is -2.00. The molecule has 0 aromatic heterocycles. The summed E-state index contributed by atoms with van der Waals surface area (Å²) >= 11 is 0. The molecular weight excluding hydrogens is 327 g/mol. The van der Waals surface area contributed by atoms with E-state index in [2.05, 4.69) is 15.4 Å². The molecule has 2 amide bonds. The van der Waals surface area contributed by atoms with Crippen molar-refractivity contribution in [2.75, 3.05) is 12.4 Å². The van der Waals surface area contributed by atoms with Crippen LogP contribution in [0.2, 0.25) is 0 Å². The van der Waals surface area contributed by atoms with E-state index in [9.17, 15) is 18.8 Å². The molecule has 0 heterocycles. The second-order valence-corrected chi connectivity index (χ2v) is 5.17. The number of para-hydroxylation sites is 1. The quantitative estimate of drug-likeness (QED) is 0.622. The van der Waals surface area contributed by atoms with Gasteiger partial charge in [0.2, 0.25) is 11.8 Å². The zero-order valence-corrected chi connectivity index (χ0v) is 13.5. The first kappa shape index (κ1) is 18.1. The second kappa shape index (κ2) is 8.58. The molecule has 7 heteroatoms. The standard InChI is InChI=1S/C18H17FN2O4/c1-25-18(24)14-4-2-3-5-15(14)21-17(23)10-16(22)20-11-12-6-8-13(19)9-7-12/h2-9H,10-11H2,1H3,(H,20,22)(H,21,23). The fourth-order valence-corrected chi connectivity index (χ4v) is 2.09. The lowest BCUT2D eigenvalue weighted by atomic mass is 10.1. The summed E-state index contributed by atoms with van der Waals surface area (Å²) in [4.78, 5) is 35.4. The van der Waals surface area contributed by atoms with Crippen LogP contribution >= 0.6 is 0 Å². The van der Waals surface area contributed by atoms with Gasteiger partial charge in [-0.3, -0.25) is 9.59 Å². The molecule has 0 aliphatic heterocycles. The Kier molecular flexibility index (Phi) is 6.22. The van der Waals surface area contributed by atoms with Crippen LogP contribution < -0.4 is 10.6 Å². The van der Waals surface area contributed by atoms with Gasteiger partial charge in [-0.25, -0.2) is 9.18 Å². The molecule has 0 spiro atoms. The van der Waals surface area contributed by atoms with Gasteiger partial charge in [-0.2, -0.15) is 0 Å². The number of hydrogen-bond acceptors (Lipinski definition) is 4. The molecule has 0 aliphatic rings. The van der Waals surface area contributed by atoms with Gasteiger partial charge in [0.25, 0.3) is 0 Å². The van der Waals surface area contributed by atoms with Crippen LogP contribution in [0.1, 0.15) is 22.3 Å². The summed E-state index contributed by atoms with van der Waals surface area (Å²) in [6, 6.07) is 12.0. The molecule has 0 fully saturated rings. The van der Waals surface area contributed by atoms with E-state index in [4.69, 9.17) is 0 Å². The third-order valence-corrected chi connectivity index (χ3v) is 3.33. The smallest absolute Gasteiger partial charge is 0.339 e. The molecule has 2 N–H and O–H groups in total. The van der Waals surface area contributed by atoms with Crippen LogP contribution in [0.15, 0.2) is 48.5 Å². The van der Waals surface area contributed by atoms with Crippen molar-refractivity contribution < 1.29 is 23.5 Å². The van der Waals surface area contributed by atoms with Gasteiger partial charge in [0.05, 0.1) is 18.4 Å². The van der Waals surface area contributed by atoms with E-state index in [0.29, 0.717) is 5.56 Å². The molecule has 2 aromatic rings. The minimum atomic E-state index is -0.586. The number of esters is 1. The predicted octanol–water partition coefficient (Wildman–Crippen LogP) is 2.26. The zero-order valence-electron chi connectivity index (χ0n) is 13.5. The molecule has 0 unspecified atom stereocenters. The summed E-state index contributed by atoms with van der Waals surface area (Å²) in [5, 5.41) is 5.08. The van der Waals surface area contributed by atoms with Crippen molar-refractivity contribution >= 4 is 23.5 Å². The number of carbonyl (C=O) groups is 3. The zero-order chi connectivity index (χ0) is 18.2. The molecule has 2 rings (SSSR count). The van der Waals surface area contributed by atoms with Gasteiger partial charge < -0.3 is 15.4 Å². The minimum absolute atomic E-state index is 0.186. The molecule has 6 nitrogen and oxygen atoms in total. The van der Waals surface area contributed by atoms with Crippen molar-refractivity contribution in [3.8, 4) is 0 Å². The predicted molar refractivity (Wildman–Crippen MR) is 89.3 cm³/mol. The van der Waals surface area contributed by atoms with Gasteiger partial charge in [0.1, 0.15) is 12.2 Å². The first-order valence-electron chi connectivity index (χ1n) is 7.48. The van der Waals surface area contributed by atoms with Crippen molar-refractivity contribution in [1.29, 1.82) is 0 Å². The Labute approximate surface area is 144 Å². The lowest BCUT2D eigenvalue weighted by Gasteiger charge is -2.10. The first-order valence-corrected chi connectivity index (χ1v) is 7.48. The van der Waals surface area contributed by atoms with Gasteiger partial charge in [-0.1, -0.05) is 24.3 Å². The third kappa shape index (κ3) is 5.42. The average molecular weight is 344 g/mol. The maximum absolute atomic E-state index is 12.8. The molecular formula is C18H17FN2O4. The number of amides is 2. The number of anilines is 1. The van der Waals surface area contributed by atoms with Crippen LogP contribution in [-0.4, -0.2) is 24.9 Å². The molecule has 130 valence electrons. The Morgan fingerprint density at radius 1 is 1.00 bits per heavy atom. The monoisotopic (exact) mass is 344 g/mol. The number of halogens is 1. The number of rotatable bonds is 6. The fourth-order valence-electron chi connectivity index (χ4n) is 2.09. The van der Waals surface area contributed by atoms with Crippen molar-refractivity contribution in [1.82, 2.24) is 5.32 Å². The Bertz CT molecular complexity index is 775. The summed E-state index contributed by atoms with van der Waals surface area (Å²) in [6.07, 6.45) is -0.406. The average Bonchev–Trinajstić information content (AvgIpc) is 2.61. The number of nitrogens with one attached hydrogen (secondary N) is 2. The molecule has 25 heavy (non-hydrogen) atoms. The van der Waals surface area contributed by atoms with Crippen molar-refractivity contribution in [3.63, 3.8) is 0 Å². The minimum Gasteiger partial charge on any atom is -0.465 e. The van der Waals surface area contributed by atoms with E-state index in [0.717, 1.165) is 0 Å². The largest absolute Gasteiger partial charge is 0.465 e. The number of benzene rings is 2. The number of ether oxygens (including phenoxy) is 1. The van der Waals surface area contributed by atoms with Gasteiger partial charge in [-0.15, -0.1) is 0 Å². The molecule has 0 radical (unpaired) electrons. The molecule has 0 atom stereocenters. The maximum atomic E-state index is 12.8. The van der Waals surface area contributed by atoms with Crippen LogP contribution in [0.5, 0.6) is 0 Å². The lowest BCUT2D eigenvalue weighted by Crippen LogP contribution is -2.28. The third-order valence-electron chi connectivity index (χ3n) is 3.33. The van der Waals surface area contributed by atoms with Gasteiger partial charge in [-0.05, 0) is 29.8 Å². The lowest BCUT2D eigenvalue weighted by molar-refractivity contribution is -0.126. The normalized spacial score (nSPS) is 10.0. The SMILES string of the molecule is COC(=O)c1ccccc1NC(=O)CC(=O)NCc1ccc(F)cc1. The van der Waals surface area contributed by atoms with Crippen LogP contribution in [0.3, 0.4) is 0 Å². The summed E-state index contributed by atoms with van der Waals surface area (Å²) in [6.45, 7) is 0.186. The Balaban J connectivity index is 1.88. The van der Waals surface area contributed by atoms with E-state index in [1.807, 2.05) is 0 Å². The van der Waals surface area contributed by atoms with Gasteiger partial charge in [0.15, 0.2) is 0 Å². The second-order valence-electron chi connectivity index (χ2n) is 5.17.